The first-order chi connectivity index (χ1) is 6.27. The molecule has 78 valence electrons. The van der Waals surface area contributed by atoms with Crippen molar-refractivity contribution in [2.24, 2.45) is 0 Å². The van der Waals surface area contributed by atoms with Crippen LogP contribution in [0.5, 0.6) is 0 Å². The van der Waals surface area contributed by atoms with Crippen LogP contribution in [0, 0.1) is 0 Å². The van der Waals surface area contributed by atoms with Gasteiger partial charge in [0.15, 0.2) is 0 Å². The van der Waals surface area contributed by atoms with Crippen molar-refractivity contribution in [3.05, 3.63) is 0 Å². The molecule has 0 spiro atoms. The van der Waals surface area contributed by atoms with E-state index in [-0.39, 0.29) is 6.61 Å². The molecule has 0 aliphatic rings. The molecule has 0 aliphatic heterocycles. The summed E-state index contributed by atoms with van der Waals surface area (Å²) in [4.78, 5) is 9.92. The predicted octanol–water partition coefficient (Wildman–Crippen LogP) is 2.28. The summed E-state index contributed by atoms with van der Waals surface area (Å²) in [6.45, 7) is 3.88. The highest BCUT2D eigenvalue weighted by atomic mass is 16.7. The summed E-state index contributed by atoms with van der Waals surface area (Å²) in [5.41, 5.74) is 0. The van der Waals surface area contributed by atoms with Gasteiger partial charge in [0.2, 0.25) is 0 Å². The van der Waals surface area contributed by atoms with Crippen LogP contribution in [0.25, 0.3) is 0 Å². The lowest BCUT2D eigenvalue weighted by Gasteiger charge is -2.02. The van der Waals surface area contributed by atoms with Crippen molar-refractivity contribution in [2.75, 3.05) is 19.8 Å². The number of hydrogen-bond donors (Lipinski definition) is 1. The van der Waals surface area contributed by atoms with E-state index in [1.807, 2.05) is 0 Å². The molecule has 0 atom stereocenters. The molecule has 0 fully saturated rings. The summed E-state index contributed by atoms with van der Waals surface area (Å²) >= 11 is 0. The Morgan fingerprint density at radius 2 is 1.77 bits per heavy atom. The van der Waals surface area contributed by atoms with Gasteiger partial charge in [0.25, 0.3) is 0 Å². The maximum Gasteiger partial charge on any atom is 0.505 e. The summed E-state index contributed by atoms with van der Waals surface area (Å²) in [6, 6.07) is 0. The summed E-state index contributed by atoms with van der Waals surface area (Å²) in [5, 5.41) is 8.13. The molecule has 0 aromatic carbocycles. The van der Waals surface area contributed by atoms with E-state index in [2.05, 4.69) is 11.7 Å². The molecule has 0 bridgehead atoms. The zero-order chi connectivity index (χ0) is 9.94. The van der Waals surface area contributed by atoms with Crippen LogP contribution in [-0.2, 0) is 9.47 Å². The summed E-state index contributed by atoms with van der Waals surface area (Å²) in [6.07, 6.45) is 2.62. The van der Waals surface area contributed by atoms with Gasteiger partial charge in [-0.1, -0.05) is 13.3 Å². The number of rotatable bonds is 8. The Hall–Kier alpha value is -0.770. The van der Waals surface area contributed by atoms with E-state index in [0.29, 0.717) is 6.61 Å². The minimum atomic E-state index is -1.20. The molecule has 0 saturated heterocycles. The van der Waals surface area contributed by atoms with Gasteiger partial charge in [-0.15, -0.1) is 0 Å². The minimum absolute atomic E-state index is 0.270. The monoisotopic (exact) mass is 190 g/mol. The molecule has 0 aromatic rings. The lowest BCUT2D eigenvalue weighted by Crippen LogP contribution is -2.03. The zero-order valence-corrected chi connectivity index (χ0v) is 8.12. The van der Waals surface area contributed by atoms with E-state index in [1.54, 1.807) is 0 Å². The average molecular weight is 190 g/mol. The molecule has 0 aromatic heterocycles. The Labute approximate surface area is 78.8 Å². The Kier molecular flexibility index (Phi) is 8.77. The fourth-order valence-electron chi connectivity index (χ4n) is 0.814. The van der Waals surface area contributed by atoms with Crippen molar-refractivity contribution >= 4 is 6.16 Å². The third-order valence-corrected chi connectivity index (χ3v) is 1.55. The normalized spacial score (nSPS) is 9.92. The van der Waals surface area contributed by atoms with E-state index < -0.39 is 6.16 Å². The van der Waals surface area contributed by atoms with Crippen molar-refractivity contribution < 1.29 is 19.4 Å². The number of carbonyl (C=O) groups is 1. The number of hydrogen-bond acceptors (Lipinski definition) is 3. The van der Waals surface area contributed by atoms with E-state index in [4.69, 9.17) is 9.84 Å². The highest BCUT2D eigenvalue weighted by molar-refractivity contribution is 5.56. The number of unbranched alkanes of at least 4 members (excludes halogenated alkanes) is 2. The first kappa shape index (κ1) is 12.2. The second-order valence-corrected chi connectivity index (χ2v) is 2.79. The summed E-state index contributed by atoms with van der Waals surface area (Å²) in [7, 11) is 0. The fourth-order valence-corrected chi connectivity index (χ4v) is 0.814. The molecular weight excluding hydrogens is 172 g/mol. The van der Waals surface area contributed by atoms with Crippen LogP contribution in [-0.4, -0.2) is 31.1 Å². The first-order valence-electron chi connectivity index (χ1n) is 4.70. The molecule has 0 aliphatic carbocycles. The molecule has 0 heterocycles. The lowest BCUT2D eigenvalue weighted by molar-refractivity contribution is 0.0829. The van der Waals surface area contributed by atoms with Gasteiger partial charge >= 0.3 is 6.16 Å². The second kappa shape index (κ2) is 9.32. The van der Waals surface area contributed by atoms with Gasteiger partial charge in [-0.25, -0.2) is 4.79 Å². The Morgan fingerprint density at radius 3 is 2.38 bits per heavy atom. The topological polar surface area (TPSA) is 55.8 Å². The molecule has 0 amide bonds. The highest BCUT2D eigenvalue weighted by Gasteiger charge is 1.95. The Balaban J connectivity index is 2.87. The van der Waals surface area contributed by atoms with Gasteiger partial charge in [-0.05, 0) is 19.3 Å². The number of ether oxygens (including phenoxy) is 2. The number of carboxylic acid groups (broad SMARTS) is 1. The molecule has 0 saturated carbocycles. The van der Waals surface area contributed by atoms with Gasteiger partial charge < -0.3 is 14.6 Å². The first-order valence-corrected chi connectivity index (χ1v) is 4.70. The van der Waals surface area contributed by atoms with Crippen molar-refractivity contribution in [1.82, 2.24) is 0 Å². The van der Waals surface area contributed by atoms with Gasteiger partial charge in [-0.3, -0.25) is 0 Å². The van der Waals surface area contributed by atoms with Gasteiger partial charge in [0, 0.05) is 13.2 Å². The third-order valence-electron chi connectivity index (χ3n) is 1.55. The second-order valence-electron chi connectivity index (χ2n) is 2.79. The van der Waals surface area contributed by atoms with E-state index in [1.165, 1.54) is 0 Å². The van der Waals surface area contributed by atoms with Gasteiger partial charge in [0.1, 0.15) is 0 Å². The van der Waals surface area contributed by atoms with E-state index in [0.717, 1.165) is 32.3 Å². The van der Waals surface area contributed by atoms with Crippen LogP contribution < -0.4 is 0 Å². The van der Waals surface area contributed by atoms with Crippen molar-refractivity contribution in [1.29, 1.82) is 0 Å². The minimum Gasteiger partial charge on any atom is -0.450 e. The lowest BCUT2D eigenvalue weighted by atomic mass is 10.3. The summed E-state index contributed by atoms with van der Waals surface area (Å²) in [5.74, 6) is 0. The van der Waals surface area contributed by atoms with Crippen LogP contribution in [0.2, 0.25) is 0 Å². The maximum atomic E-state index is 9.92. The summed E-state index contributed by atoms with van der Waals surface area (Å²) < 4.78 is 9.61. The molecule has 4 heteroatoms. The van der Waals surface area contributed by atoms with Crippen LogP contribution in [0.3, 0.4) is 0 Å². The molecule has 1 N–H and O–H groups in total. The molecule has 0 rings (SSSR count). The quantitative estimate of drug-likeness (QED) is 0.471. The van der Waals surface area contributed by atoms with Crippen molar-refractivity contribution in [2.45, 2.75) is 32.6 Å². The Bertz CT molecular complexity index is 125. The largest absolute Gasteiger partial charge is 0.505 e. The van der Waals surface area contributed by atoms with Crippen molar-refractivity contribution in [3.63, 3.8) is 0 Å². The molecule has 4 nitrogen and oxygen atoms in total. The van der Waals surface area contributed by atoms with Gasteiger partial charge in [-0.2, -0.15) is 0 Å². The van der Waals surface area contributed by atoms with Gasteiger partial charge in [0.05, 0.1) is 6.61 Å². The highest BCUT2D eigenvalue weighted by Crippen LogP contribution is 1.94. The standard InChI is InChI=1S/C9H18O4/c1-2-3-6-12-7-4-5-8-13-9(10)11/h2-8H2,1H3,(H,10,11). The smallest absolute Gasteiger partial charge is 0.450 e. The molecule has 13 heavy (non-hydrogen) atoms. The van der Waals surface area contributed by atoms with Crippen LogP contribution >= 0.6 is 0 Å². The fraction of sp³-hybridized carbons (Fsp3) is 0.889. The molecule has 0 radical (unpaired) electrons. The van der Waals surface area contributed by atoms with Crippen LogP contribution in [0.1, 0.15) is 32.6 Å². The average Bonchev–Trinajstić information content (AvgIpc) is 2.09. The Morgan fingerprint density at radius 1 is 1.15 bits per heavy atom. The maximum absolute atomic E-state index is 9.92. The van der Waals surface area contributed by atoms with Crippen LogP contribution in [0.4, 0.5) is 4.79 Å². The predicted molar refractivity (Wildman–Crippen MR) is 48.9 cm³/mol. The van der Waals surface area contributed by atoms with E-state index in [9.17, 15) is 4.79 Å². The third kappa shape index (κ3) is 11.2. The molecule has 0 unspecified atom stereocenters. The molecular formula is C9H18O4. The van der Waals surface area contributed by atoms with E-state index >= 15 is 0 Å². The zero-order valence-electron chi connectivity index (χ0n) is 8.12. The van der Waals surface area contributed by atoms with Crippen LogP contribution in [0.15, 0.2) is 0 Å². The van der Waals surface area contributed by atoms with Crippen molar-refractivity contribution in [3.8, 4) is 0 Å². The SMILES string of the molecule is CCCCOCCCCOC(=O)O.